The van der Waals surface area contributed by atoms with Crippen molar-refractivity contribution in [1.29, 1.82) is 0 Å². The van der Waals surface area contributed by atoms with Crippen molar-refractivity contribution in [2.75, 3.05) is 17.3 Å². The molecule has 17 heavy (non-hydrogen) atoms. The molecule has 0 fully saturated rings. The summed E-state index contributed by atoms with van der Waals surface area (Å²) in [4.78, 5) is 17.5. The zero-order chi connectivity index (χ0) is 12.4. The summed E-state index contributed by atoms with van der Waals surface area (Å²) in [5.41, 5.74) is 2.25. The molecular weight excluding hydrogens is 240 g/mol. The monoisotopic (exact) mass is 252 g/mol. The van der Waals surface area contributed by atoms with Crippen LogP contribution < -0.4 is 4.90 Å². The Balaban J connectivity index is 2.43. The predicted molar refractivity (Wildman–Crippen MR) is 67.5 cm³/mol. The third kappa shape index (κ3) is 2.26. The lowest BCUT2D eigenvalue weighted by Crippen LogP contribution is -2.31. The third-order valence-electron chi connectivity index (χ3n) is 2.52. The molecule has 1 heterocycles. The van der Waals surface area contributed by atoms with Gasteiger partial charge in [0, 0.05) is 25.2 Å². The summed E-state index contributed by atoms with van der Waals surface area (Å²) in [6, 6.07) is 5.49. The number of hydrogen-bond donors (Lipinski definition) is 0. The van der Waals surface area contributed by atoms with Gasteiger partial charge in [-0.1, -0.05) is 0 Å². The Kier molecular flexibility index (Phi) is 3.33. The lowest BCUT2D eigenvalue weighted by Gasteiger charge is -2.19. The highest BCUT2D eigenvalue weighted by molar-refractivity contribution is 6.29. The van der Waals surface area contributed by atoms with Crippen LogP contribution in [-0.2, 0) is 4.79 Å². The first-order chi connectivity index (χ1) is 8.15. The highest BCUT2D eigenvalue weighted by atomic mass is 35.5. The Hall–Kier alpha value is -1.55. The number of halogens is 1. The minimum Gasteiger partial charge on any atom is -0.441 e. The molecular formula is C12H13ClN2O2. The molecule has 0 aliphatic rings. The van der Waals surface area contributed by atoms with E-state index in [9.17, 15) is 4.79 Å². The number of nitrogens with zero attached hydrogens (tertiary/aromatic N) is 2. The van der Waals surface area contributed by atoms with Gasteiger partial charge in [0.15, 0.2) is 11.5 Å². The van der Waals surface area contributed by atoms with E-state index in [1.54, 1.807) is 11.8 Å². The van der Waals surface area contributed by atoms with Crippen LogP contribution in [0.1, 0.15) is 12.8 Å². The van der Waals surface area contributed by atoms with Crippen LogP contribution in [0, 0.1) is 6.92 Å². The number of carbonyl (C=O) groups is 1. The minimum atomic E-state index is -0.121. The van der Waals surface area contributed by atoms with Crippen molar-refractivity contribution in [2.45, 2.75) is 13.8 Å². The zero-order valence-corrected chi connectivity index (χ0v) is 10.5. The molecule has 0 saturated carbocycles. The number of anilines is 1. The maximum atomic E-state index is 11.6. The Morgan fingerprint density at radius 2 is 2.29 bits per heavy atom. The summed E-state index contributed by atoms with van der Waals surface area (Å²) >= 11 is 5.57. The average Bonchev–Trinajstić information content (AvgIpc) is 2.69. The molecule has 1 aromatic heterocycles. The molecule has 1 aromatic carbocycles. The summed E-state index contributed by atoms with van der Waals surface area (Å²) in [6.45, 7) is 4.27. The summed E-state index contributed by atoms with van der Waals surface area (Å²) in [5.74, 6) is 0.468. The van der Waals surface area contributed by atoms with Crippen LogP contribution in [0.2, 0.25) is 0 Å². The van der Waals surface area contributed by atoms with Gasteiger partial charge in [-0.15, -0.1) is 11.6 Å². The number of fused-ring (bicyclic) bond motifs is 1. The maximum Gasteiger partial charge on any atom is 0.241 e. The molecule has 1 amide bonds. The Bertz CT molecular complexity index is 550. The number of benzene rings is 1. The fraction of sp³-hybridized carbons (Fsp3) is 0.333. The molecule has 0 saturated heterocycles. The van der Waals surface area contributed by atoms with Crippen LogP contribution in [0.25, 0.3) is 11.1 Å². The van der Waals surface area contributed by atoms with Gasteiger partial charge in [0.05, 0.1) is 0 Å². The number of oxazole rings is 1. The molecule has 0 radical (unpaired) electrons. The standard InChI is InChI=1S/C12H13ClN2O2/c1-3-15(12(16)7-13)9-4-5-10-11(6-9)17-8(2)14-10/h4-6H,3,7H2,1-2H3. The van der Waals surface area contributed by atoms with Gasteiger partial charge in [0.1, 0.15) is 11.4 Å². The molecule has 90 valence electrons. The molecule has 4 nitrogen and oxygen atoms in total. The smallest absolute Gasteiger partial charge is 0.241 e. The molecule has 0 unspecified atom stereocenters. The van der Waals surface area contributed by atoms with Crippen molar-refractivity contribution in [1.82, 2.24) is 4.98 Å². The first kappa shape index (κ1) is 11.9. The summed E-state index contributed by atoms with van der Waals surface area (Å²) in [5, 5.41) is 0. The van der Waals surface area contributed by atoms with Crippen molar-refractivity contribution in [3.63, 3.8) is 0 Å². The van der Waals surface area contributed by atoms with Crippen LogP contribution in [0.3, 0.4) is 0 Å². The van der Waals surface area contributed by atoms with E-state index in [0.29, 0.717) is 18.0 Å². The molecule has 2 aromatic rings. The zero-order valence-electron chi connectivity index (χ0n) is 9.74. The maximum absolute atomic E-state index is 11.6. The van der Waals surface area contributed by atoms with E-state index in [1.165, 1.54) is 0 Å². The van der Waals surface area contributed by atoms with Crippen LogP contribution in [0.4, 0.5) is 5.69 Å². The number of alkyl halides is 1. The van der Waals surface area contributed by atoms with Crippen molar-refractivity contribution in [2.24, 2.45) is 0 Å². The number of aryl methyl sites for hydroxylation is 1. The van der Waals surface area contributed by atoms with Gasteiger partial charge in [-0.25, -0.2) is 4.98 Å². The Labute approximate surface area is 104 Å². The molecule has 0 spiro atoms. The van der Waals surface area contributed by atoms with E-state index in [1.807, 2.05) is 25.1 Å². The second kappa shape index (κ2) is 4.75. The normalized spacial score (nSPS) is 10.8. The lowest BCUT2D eigenvalue weighted by molar-refractivity contribution is -0.116. The van der Waals surface area contributed by atoms with Gasteiger partial charge in [-0.2, -0.15) is 0 Å². The van der Waals surface area contributed by atoms with E-state index in [2.05, 4.69) is 4.98 Å². The van der Waals surface area contributed by atoms with E-state index >= 15 is 0 Å². The van der Waals surface area contributed by atoms with Gasteiger partial charge in [0.2, 0.25) is 5.91 Å². The number of aromatic nitrogens is 1. The number of hydrogen-bond acceptors (Lipinski definition) is 3. The highest BCUT2D eigenvalue weighted by Crippen LogP contribution is 2.23. The quantitative estimate of drug-likeness (QED) is 0.789. The topological polar surface area (TPSA) is 46.3 Å². The predicted octanol–water partition coefficient (Wildman–Crippen LogP) is 2.73. The first-order valence-corrected chi connectivity index (χ1v) is 5.92. The summed E-state index contributed by atoms with van der Waals surface area (Å²) in [6.07, 6.45) is 0. The largest absolute Gasteiger partial charge is 0.441 e. The Morgan fingerprint density at radius 3 is 2.94 bits per heavy atom. The summed E-state index contributed by atoms with van der Waals surface area (Å²) in [7, 11) is 0. The Morgan fingerprint density at radius 1 is 1.53 bits per heavy atom. The van der Waals surface area contributed by atoms with Crippen LogP contribution >= 0.6 is 11.6 Å². The van der Waals surface area contributed by atoms with Crippen molar-refractivity contribution < 1.29 is 9.21 Å². The molecule has 0 bridgehead atoms. The van der Waals surface area contributed by atoms with E-state index in [0.717, 1.165) is 11.2 Å². The van der Waals surface area contributed by atoms with Gasteiger partial charge in [-0.05, 0) is 19.1 Å². The second-order valence-electron chi connectivity index (χ2n) is 3.66. The van der Waals surface area contributed by atoms with Crippen molar-refractivity contribution in [3.8, 4) is 0 Å². The number of amides is 1. The van der Waals surface area contributed by atoms with Crippen LogP contribution in [0.5, 0.6) is 0 Å². The third-order valence-corrected chi connectivity index (χ3v) is 2.75. The van der Waals surface area contributed by atoms with Crippen LogP contribution in [-0.4, -0.2) is 23.3 Å². The van der Waals surface area contributed by atoms with Gasteiger partial charge in [0.25, 0.3) is 0 Å². The van der Waals surface area contributed by atoms with E-state index in [-0.39, 0.29) is 11.8 Å². The SMILES string of the molecule is CCN(C(=O)CCl)c1ccc2nc(C)oc2c1. The van der Waals surface area contributed by atoms with Gasteiger partial charge in [-0.3, -0.25) is 4.79 Å². The average molecular weight is 253 g/mol. The lowest BCUT2D eigenvalue weighted by atomic mass is 10.2. The molecule has 2 rings (SSSR count). The van der Waals surface area contributed by atoms with Gasteiger partial charge >= 0.3 is 0 Å². The molecule has 0 aliphatic carbocycles. The summed E-state index contributed by atoms with van der Waals surface area (Å²) < 4.78 is 5.43. The van der Waals surface area contributed by atoms with Crippen molar-refractivity contribution >= 4 is 34.3 Å². The number of rotatable bonds is 3. The van der Waals surface area contributed by atoms with E-state index < -0.39 is 0 Å². The van der Waals surface area contributed by atoms with Crippen molar-refractivity contribution in [3.05, 3.63) is 24.1 Å². The minimum absolute atomic E-state index is 0.0265. The van der Waals surface area contributed by atoms with Crippen LogP contribution in [0.15, 0.2) is 22.6 Å². The second-order valence-corrected chi connectivity index (χ2v) is 3.92. The fourth-order valence-electron chi connectivity index (χ4n) is 1.77. The molecule has 0 aliphatic heterocycles. The van der Waals surface area contributed by atoms with Gasteiger partial charge < -0.3 is 9.32 Å². The molecule has 5 heteroatoms. The molecule has 0 N–H and O–H groups in total. The fourth-order valence-corrected chi connectivity index (χ4v) is 1.92. The van der Waals surface area contributed by atoms with E-state index in [4.69, 9.17) is 16.0 Å². The number of carbonyl (C=O) groups excluding carboxylic acids is 1. The first-order valence-electron chi connectivity index (χ1n) is 5.39. The molecule has 0 atom stereocenters. The highest BCUT2D eigenvalue weighted by Gasteiger charge is 2.14.